The molecule has 0 radical (unpaired) electrons. The molecule has 2 N–H and O–H groups in total. The van der Waals surface area contributed by atoms with Gasteiger partial charge in [-0.25, -0.2) is 0 Å². The van der Waals surface area contributed by atoms with Crippen LogP contribution in [0.1, 0.15) is 18.9 Å². The predicted molar refractivity (Wildman–Crippen MR) is 64.3 cm³/mol. The van der Waals surface area contributed by atoms with Gasteiger partial charge in [-0.05, 0) is 17.8 Å². The molecule has 0 aromatic heterocycles. The van der Waals surface area contributed by atoms with Gasteiger partial charge in [-0.1, -0.05) is 37.3 Å². The van der Waals surface area contributed by atoms with Gasteiger partial charge in [0.25, 0.3) is 0 Å². The van der Waals surface area contributed by atoms with E-state index in [-0.39, 0.29) is 5.91 Å². The number of thiocarbonyl (C=S) groups is 1. The summed E-state index contributed by atoms with van der Waals surface area (Å²) in [4.78, 5) is 11.0. The number of nitrogens with one attached hydrogen (secondary N) is 2. The molecule has 4 heteroatoms. The van der Waals surface area contributed by atoms with Crippen molar-refractivity contribution in [1.82, 2.24) is 10.6 Å². The van der Waals surface area contributed by atoms with Crippen LogP contribution in [0.25, 0.3) is 0 Å². The average Bonchev–Trinajstić information content (AvgIpc) is 2.27. The van der Waals surface area contributed by atoms with Crippen LogP contribution in [0.2, 0.25) is 0 Å². The SMILES string of the molecule is CCC(=O)NC(=S)NCc1ccccc1. The van der Waals surface area contributed by atoms with Crippen LogP contribution in [0.4, 0.5) is 0 Å². The number of benzene rings is 1. The molecule has 0 heterocycles. The molecule has 1 aromatic rings. The van der Waals surface area contributed by atoms with E-state index in [9.17, 15) is 4.79 Å². The molecule has 80 valence electrons. The maximum absolute atomic E-state index is 11.0. The van der Waals surface area contributed by atoms with Crippen LogP contribution in [-0.2, 0) is 11.3 Å². The Bertz CT molecular complexity index is 338. The maximum atomic E-state index is 11.0. The highest BCUT2D eigenvalue weighted by atomic mass is 32.1. The standard InChI is InChI=1S/C11H14N2OS/c1-2-10(14)13-11(15)12-8-9-6-4-3-5-7-9/h3-7H,2,8H2,1H3,(H2,12,13,14,15). The molecule has 0 unspecified atom stereocenters. The quantitative estimate of drug-likeness (QED) is 0.763. The highest BCUT2D eigenvalue weighted by molar-refractivity contribution is 7.80. The van der Waals surface area contributed by atoms with E-state index in [0.29, 0.717) is 18.1 Å². The van der Waals surface area contributed by atoms with Crippen molar-refractivity contribution in [3.63, 3.8) is 0 Å². The number of hydrogen-bond acceptors (Lipinski definition) is 2. The molecule has 1 rings (SSSR count). The summed E-state index contributed by atoms with van der Waals surface area (Å²) in [5.74, 6) is -0.0689. The van der Waals surface area contributed by atoms with E-state index in [1.54, 1.807) is 6.92 Å². The van der Waals surface area contributed by atoms with Gasteiger partial charge in [-0.2, -0.15) is 0 Å². The van der Waals surface area contributed by atoms with E-state index in [0.717, 1.165) is 5.56 Å². The molecule has 3 nitrogen and oxygen atoms in total. The summed E-state index contributed by atoms with van der Waals surface area (Å²) >= 11 is 4.95. The minimum absolute atomic E-state index is 0.0689. The largest absolute Gasteiger partial charge is 0.358 e. The first-order chi connectivity index (χ1) is 7.22. The van der Waals surface area contributed by atoms with Crippen molar-refractivity contribution in [2.24, 2.45) is 0 Å². The smallest absolute Gasteiger partial charge is 0.225 e. The molecule has 0 saturated carbocycles. The van der Waals surface area contributed by atoms with Gasteiger partial charge in [0, 0.05) is 13.0 Å². The predicted octanol–water partition coefficient (Wildman–Crippen LogP) is 1.59. The fourth-order valence-corrected chi connectivity index (χ4v) is 1.22. The van der Waals surface area contributed by atoms with Crippen molar-refractivity contribution in [2.75, 3.05) is 0 Å². The summed E-state index contributed by atoms with van der Waals surface area (Å²) in [7, 11) is 0. The Morgan fingerprint density at radius 3 is 2.60 bits per heavy atom. The van der Waals surface area contributed by atoms with Crippen LogP contribution in [0.5, 0.6) is 0 Å². The molecule has 0 aliphatic carbocycles. The molecule has 15 heavy (non-hydrogen) atoms. The molecule has 0 fully saturated rings. The Kier molecular flexibility index (Phi) is 4.77. The van der Waals surface area contributed by atoms with Gasteiger partial charge in [0.1, 0.15) is 0 Å². The molecular weight excluding hydrogens is 208 g/mol. The van der Waals surface area contributed by atoms with Crippen LogP contribution in [0.3, 0.4) is 0 Å². The third-order valence-corrected chi connectivity index (χ3v) is 2.12. The second-order valence-electron chi connectivity index (χ2n) is 3.07. The summed E-state index contributed by atoms with van der Waals surface area (Å²) in [5, 5.41) is 5.93. The molecule has 0 atom stereocenters. The summed E-state index contributed by atoms with van der Waals surface area (Å²) in [5.41, 5.74) is 1.13. The highest BCUT2D eigenvalue weighted by Gasteiger charge is 2.00. The molecule has 0 aliphatic rings. The molecule has 0 aliphatic heterocycles. The van der Waals surface area contributed by atoms with Crippen LogP contribution < -0.4 is 10.6 Å². The zero-order chi connectivity index (χ0) is 11.1. The van der Waals surface area contributed by atoms with Gasteiger partial charge in [0.2, 0.25) is 5.91 Å². The van der Waals surface area contributed by atoms with Gasteiger partial charge in [0.15, 0.2) is 5.11 Å². The zero-order valence-electron chi connectivity index (χ0n) is 8.62. The van der Waals surface area contributed by atoms with Crippen molar-refractivity contribution in [1.29, 1.82) is 0 Å². The van der Waals surface area contributed by atoms with E-state index in [2.05, 4.69) is 10.6 Å². The number of hydrogen-bond donors (Lipinski definition) is 2. The minimum Gasteiger partial charge on any atom is -0.358 e. The minimum atomic E-state index is -0.0689. The zero-order valence-corrected chi connectivity index (χ0v) is 9.43. The molecule has 1 amide bonds. The van der Waals surface area contributed by atoms with Crippen LogP contribution in [0, 0.1) is 0 Å². The van der Waals surface area contributed by atoms with Crippen molar-refractivity contribution in [2.45, 2.75) is 19.9 Å². The van der Waals surface area contributed by atoms with E-state index in [1.165, 1.54) is 0 Å². The lowest BCUT2D eigenvalue weighted by molar-refractivity contribution is -0.119. The Hall–Kier alpha value is -1.42. The summed E-state index contributed by atoms with van der Waals surface area (Å²) in [6, 6.07) is 9.88. The second-order valence-corrected chi connectivity index (χ2v) is 3.48. The number of carbonyl (C=O) groups excluding carboxylic acids is 1. The topological polar surface area (TPSA) is 41.1 Å². The summed E-state index contributed by atoms with van der Waals surface area (Å²) < 4.78 is 0. The first-order valence-electron chi connectivity index (χ1n) is 4.84. The Labute approximate surface area is 94.9 Å². The lowest BCUT2D eigenvalue weighted by atomic mass is 10.2. The second kappa shape index (κ2) is 6.14. The van der Waals surface area contributed by atoms with E-state index >= 15 is 0 Å². The van der Waals surface area contributed by atoms with Crippen molar-refractivity contribution < 1.29 is 4.79 Å². The van der Waals surface area contributed by atoms with Crippen LogP contribution in [0.15, 0.2) is 30.3 Å². The highest BCUT2D eigenvalue weighted by Crippen LogP contribution is 1.96. The van der Waals surface area contributed by atoms with E-state index < -0.39 is 0 Å². The fourth-order valence-electron chi connectivity index (χ4n) is 1.04. The van der Waals surface area contributed by atoms with Crippen LogP contribution >= 0.6 is 12.2 Å². The Balaban J connectivity index is 2.32. The molecular formula is C11H14N2OS. The third-order valence-electron chi connectivity index (χ3n) is 1.87. The number of carbonyl (C=O) groups is 1. The summed E-state index contributed by atoms with van der Waals surface area (Å²) in [6.45, 7) is 2.42. The molecule has 0 bridgehead atoms. The average molecular weight is 222 g/mol. The van der Waals surface area contributed by atoms with Crippen LogP contribution in [-0.4, -0.2) is 11.0 Å². The van der Waals surface area contributed by atoms with Crippen molar-refractivity contribution in [3.05, 3.63) is 35.9 Å². The Morgan fingerprint density at radius 1 is 1.33 bits per heavy atom. The maximum Gasteiger partial charge on any atom is 0.225 e. The number of rotatable bonds is 3. The molecule has 0 spiro atoms. The van der Waals surface area contributed by atoms with Gasteiger partial charge in [-0.15, -0.1) is 0 Å². The van der Waals surface area contributed by atoms with Gasteiger partial charge < -0.3 is 10.6 Å². The van der Waals surface area contributed by atoms with Gasteiger partial charge in [0.05, 0.1) is 0 Å². The van der Waals surface area contributed by atoms with E-state index in [1.807, 2.05) is 30.3 Å². The van der Waals surface area contributed by atoms with E-state index in [4.69, 9.17) is 12.2 Å². The first-order valence-corrected chi connectivity index (χ1v) is 5.24. The Morgan fingerprint density at radius 2 is 2.00 bits per heavy atom. The summed E-state index contributed by atoms with van der Waals surface area (Å²) in [6.07, 6.45) is 0.438. The monoisotopic (exact) mass is 222 g/mol. The van der Waals surface area contributed by atoms with Crippen molar-refractivity contribution >= 4 is 23.2 Å². The fraction of sp³-hybridized carbons (Fsp3) is 0.273. The van der Waals surface area contributed by atoms with Gasteiger partial charge >= 0.3 is 0 Å². The number of amides is 1. The molecule has 1 aromatic carbocycles. The van der Waals surface area contributed by atoms with Crippen molar-refractivity contribution in [3.8, 4) is 0 Å². The molecule has 0 saturated heterocycles. The van der Waals surface area contributed by atoms with Gasteiger partial charge in [-0.3, -0.25) is 4.79 Å². The lowest BCUT2D eigenvalue weighted by Gasteiger charge is -2.08. The lowest BCUT2D eigenvalue weighted by Crippen LogP contribution is -2.38. The first kappa shape index (κ1) is 11.7. The normalized spacial score (nSPS) is 9.40. The third kappa shape index (κ3) is 4.56.